The predicted octanol–water partition coefficient (Wildman–Crippen LogP) is 2.86. The zero-order valence-electron chi connectivity index (χ0n) is 11.4. The molecule has 2 heterocycles. The lowest BCUT2D eigenvalue weighted by Crippen LogP contribution is -2.43. The number of aromatic nitrogens is 1. The van der Waals surface area contributed by atoms with Gasteiger partial charge in [0.15, 0.2) is 0 Å². The van der Waals surface area contributed by atoms with Gasteiger partial charge in [0, 0.05) is 12.6 Å². The number of piperidine rings is 1. The van der Waals surface area contributed by atoms with Gasteiger partial charge in [0.2, 0.25) is 0 Å². The second-order valence-electron chi connectivity index (χ2n) is 5.53. The first-order valence-corrected chi connectivity index (χ1v) is 7.86. The van der Waals surface area contributed by atoms with Crippen molar-refractivity contribution in [2.24, 2.45) is 11.7 Å². The molecule has 0 spiro atoms. The van der Waals surface area contributed by atoms with Crippen LogP contribution in [0.1, 0.15) is 24.8 Å². The van der Waals surface area contributed by atoms with Crippen molar-refractivity contribution in [2.45, 2.75) is 32.4 Å². The van der Waals surface area contributed by atoms with Gasteiger partial charge in [0.1, 0.15) is 5.01 Å². The highest BCUT2D eigenvalue weighted by Crippen LogP contribution is 2.27. The molecule has 0 radical (unpaired) electrons. The standard InChI is InChI=1S/C15H21N3S/c1-11-6-7-12(8-16)9-18(11)10-15-17-13-4-2-3-5-14(13)19-15/h2-5,11-12H,6-10,16H2,1H3. The summed E-state index contributed by atoms with van der Waals surface area (Å²) in [4.78, 5) is 7.28. The molecular formula is C15H21N3S. The van der Waals surface area contributed by atoms with Gasteiger partial charge in [-0.25, -0.2) is 4.98 Å². The van der Waals surface area contributed by atoms with Crippen LogP contribution in [0.4, 0.5) is 0 Å². The monoisotopic (exact) mass is 275 g/mol. The largest absolute Gasteiger partial charge is 0.330 e. The Kier molecular flexibility index (Phi) is 3.82. The van der Waals surface area contributed by atoms with E-state index >= 15 is 0 Å². The fourth-order valence-electron chi connectivity index (χ4n) is 2.84. The van der Waals surface area contributed by atoms with Crippen LogP contribution in [0.15, 0.2) is 24.3 Å². The Morgan fingerprint density at radius 3 is 3.00 bits per heavy atom. The molecule has 1 aromatic heterocycles. The van der Waals surface area contributed by atoms with E-state index in [2.05, 4.69) is 36.1 Å². The molecule has 2 unspecified atom stereocenters. The van der Waals surface area contributed by atoms with Crippen molar-refractivity contribution in [3.63, 3.8) is 0 Å². The number of likely N-dealkylation sites (tertiary alicyclic amines) is 1. The third-order valence-electron chi connectivity index (χ3n) is 4.12. The highest BCUT2D eigenvalue weighted by molar-refractivity contribution is 7.18. The van der Waals surface area contributed by atoms with Gasteiger partial charge in [-0.15, -0.1) is 11.3 Å². The lowest BCUT2D eigenvalue weighted by molar-refractivity contribution is 0.113. The van der Waals surface area contributed by atoms with Gasteiger partial charge in [-0.3, -0.25) is 4.90 Å². The highest BCUT2D eigenvalue weighted by Gasteiger charge is 2.25. The molecule has 4 heteroatoms. The summed E-state index contributed by atoms with van der Waals surface area (Å²) in [6.45, 7) is 5.22. The Morgan fingerprint density at radius 1 is 1.37 bits per heavy atom. The molecule has 2 N–H and O–H groups in total. The minimum atomic E-state index is 0.648. The molecule has 2 atom stereocenters. The minimum absolute atomic E-state index is 0.648. The van der Waals surface area contributed by atoms with E-state index < -0.39 is 0 Å². The van der Waals surface area contributed by atoms with Crippen molar-refractivity contribution in [2.75, 3.05) is 13.1 Å². The van der Waals surface area contributed by atoms with Gasteiger partial charge >= 0.3 is 0 Å². The number of hydrogen-bond acceptors (Lipinski definition) is 4. The number of hydrogen-bond donors (Lipinski definition) is 1. The topological polar surface area (TPSA) is 42.1 Å². The molecule has 0 saturated carbocycles. The molecule has 1 fully saturated rings. The molecule has 0 bridgehead atoms. The van der Waals surface area contributed by atoms with Crippen LogP contribution in [0.25, 0.3) is 10.2 Å². The summed E-state index contributed by atoms with van der Waals surface area (Å²) in [6.07, 6.45) is 2.53. The second-order valence-corrected chi connectivity index (χ2v) is 6.65. The van der Waals surface area contributed by atoms with E-state index in [-0.39, 0.29) is 0 Å². The number of nitrogens with zero attached hydrogens (tertiary/aromatic N) is 2. The lowest BCUT2D eigenvalue weighted by Gasteiger charge is -2.37. The fourth-order valence-corrected chi connectivity index (χ4v) is 3.83. The van der Waals surface area contributed by atoms with E-state index in [0.29, 0.717) is 12.0 Å². The van der Waals surface area contributed by atoms with Crippen LogP contribution >= 0.6 is 11.3 Å². The molecule has 102 valence electrons. The second kappa shape index (κ2) is 5.57. The summed E-state index contributed by atoms with van der Waals surface area (Å²) in [6, 6.07) is 9.03. The maximum atomic E-state index is 5.83. The maximum absolute atomic E-state index is 5.83. The molecular weight excluding hydrogens is 254 g/mol. The van der Waals surface area contributed by atoms with Crippen molar-refractivity contribution in [1.29, 1.82) is 0 Å². The Bertz CT molecular complexity index is 518. The quantitative estimate of drug-likeness (QED) is 0.936. The van der Waals surface area contributed by atoms with Crippen LogP contribution in [0.2, 0.25) is 0 Å². The molecule has 1 aromatic carbocycles. The number of nitrogens with two attached hydrogens (primary N) is 1. The van der Waals surface area contributed by atoms with Crippen LogP contribution in [-0.4, -0.2) is 29.0 Å². The summed E-state index contributed by atoms with van der Waals surface area (Å²) in [5.41, 5.74) is 6.95. The molecule has 2 aromatic rings. The van der Waals surface area contributed by atoms with Crippen molar-refractivity contribution in [1.82, 2.24) is 9.88 Å². The molecule has 3 nitrogen and oxygen atoms in total. The number of fused-ring (bicyclic) bond motifs is 1. The highest BCUT2D eigenvalue weighted by atomic mass is 32.1. The summed E-state index contributed by atoms with van der Waals surface area (Å²) < 4.78 is 1.29. The molecule has 19 heavy (non-hydrogen) atoms. The van der Waals surface area contributed by atoms with Gasteiger partial charge in [-0.1, -0.05) is 12.1 Å². The Hall–Kier alpha value is -0.970. The molecule has 1 aliphatic heterocycles. The van der Waals surface area contributed by atoms with Crippen LogP contribution in [0, 0.1) is 5.92 Å². The Morgan fingerprint density at radius 2 is 2.21 bits per heavy atom. The first kappa shape index (κ1) is 13.0. The fraction of sp³-hybridized carbons (Fsp3) is 0.533. The lowest BCUT2D eigenvalue weighted by atomic mass is 9.94. The van der Waals surface area contributed by atoms with E-state index in [1.807, 2.05) is 11.3 Å². The van der Waals surface area contributed by atoms with Crippen LogP contribution in [0.3, 0.4) is 0 Å². The molecule has 0 aliphatic carbocycles. The minimum Gasteiger partial charge on any atom is -0.330 e. The number of thiazole rings is 1. The smallest absolute Gasteiger partial charge is 0.108 e. The van der Waals surface area contributed by atoms with Crippen molar-refractivity contribution in [3.05, 3.63) is 29.3 Å². The Labute approximate surface area is 118 Å². The average molecular weight is 275 g/mol. The summed E-state index contributed by atoms with van der Waals surface area (Å²) in [7, 11) is 0. The van der Waals surface area contributed by atoms with Crippen LogP contribution in [-0.2, 0) is 6.54 Å². The van der Waals surface area contributed by atoms with E-state index in [0.717, 1.165) is 25.2 Å². The SMILES string of the molecule is CC1CCC(CN)CN1Cc1nc2ccccc2s1. The summed E-state index contributed by atoms with van der Waals surface area (Å²) >= 11 is 1.82. The third kappa shape index (κ3) is 2.81. The van der Waals surface area contributed by atoms with Gasteiger partial charge in [0.05, 0.1) is 16.8 Å². The van der Waals surface area contributed by atoms with Gasteiger partial charge in [0.25, 0.3) is 0 Å². The molecule has 3 rings (SSSR count). The summed E-state index contributed by atoms with van der Waals surface area (Å²) in [5.74, 6) is 0.658. The van der Waals surface area contributed by atoms with Gasteiger partial charge in [-0.05, 0) is 44.4 Å². The maximum Gasteiger partial charge on any atom is 0.108 e. The van der Waals surface area contributed by atoms with Crippen LogP contribution in [0.5, 0.6) is 0 Å². The van der Waals surface area contributed by atoms with E-state index in [9.17, 15) is 0 Å². The first-order chi connectivity index (χ1) is 9.26. The predicted molar refractivity (Wildman–Crippen MR) is 81.3 cm³/mol. The molecule has 1 saturated heterocycles. The zero-order chi connectivity index (χ0) is 13.2. The van der Waals surface area contributed by atoms with Gasteiger partial charge in [-0.2, -0.15) is 0 Å². The normalized spacial score (nSPS) is 24.9. The average Bonchev–Trinajstić information content (AvgIpc) is 2.83. The first-order valence-electron chi connectivity index (χ1n) is 7.05. The third-order valence-corrected chi connectivity index (χ3v) is 5.14. The molecule has 0 amide bonds. The Balaban J connectivity index is 1.75. The van der Waals surface area contributed by atoms with Crippen molar-refractivity contribution < 1.29 is 0 Å². The van der Waals surface area contributed by atoms with E-state index in [1.165, 1.54) is 22.5 Å². The van der Waals surface area contributed by atoms with Gasteiger partial charge < -0.3 is 5.73 Å². The zero-order valence-corrected chi connectivity index (χ0v) is 12.2. The van der Waals surface area contributed by atoms with Crippen molar-refractivity contribution >= 4 is 21.6 Å². The molecule has 1 aliphatic rings. The number of para-hydroxylation sites is 1. The van der Waals surface area contributed by atoms with E-state index in [4.69, 9.17) is 10.7 Å². The van der Waals surface area contributed by atoms with Crippen molar-refractivity contribution in [3.8, 4) is 0 Å². The summed E-state index contributed by atoms with van der Waals surface area (Å²) in [5, 5.41) is 1.23. The van der Waals surface area contributed by atoms with Crippen LogP contribution < -0.4 is 5.73 Å². The number of benzene rings is 1. The number of rotatable bonds is 3. The van der Waals surface area contributed by atoms with E-state index in [1.54, 1.807) is 0 Å².